The topological polar surface area (TPSA) is 121 Å². The molecule has 9 heteroatoms. The lowest BCUT2D eigenvalue weighted by molar-refractivity contribution is -0.255. The van der Waals surface area contributed by atoms with Crippen LogP contribution in [0.3, 0.4) is 0 Å². The second kappa shape index (κ2) is 11.7. The highest BCUT2D eigenvalue weighted by molar-refractivity contribution is 9.10. The van der Waals surface area contributed by atoms with Crippen molar-refractivity contribution in [2.45, 2.75) is 6.61 Å². The lowest BCUT2D eigenvalue weighted by Crippen LogP contribution is -2.22. The zero-order chi connectivity index (χ0) is 25.4. The summed E-state index contributed by atoms with van der Waals surface area (Å²) in [5, 5.41) is 23.1. The fraction of sp³-hybridized carbons (Fsp3) is 0.115. The minimum absolute atomic E-state index is 0.0783. The molecule has 3 rings (SSSR count). The molecule has 178 valence electrons. The van der Waals surface area contributed by atoms with Gasteiger partial charge in [-0.1, -0.05) is 40.2 Å². The number of halogens is 1. The third-order valence-electron chi connectivity index (χ3n) is 4.88. The molecule has 3 aromatic rings. The first kappa shape index (κ1) is 25.3. The molecule has 0 aliphatic heterocycles. The molecule has 0 unspecified atom stereocenters. The Hall–Kier alpha value is -4.29. The monoisotopic (exact) mass is 535 g/mol. The molecule has 0 spiro atoms. The second-order valence-corrected chi connectivity index (χ2v) is 8.00. The summed E-state index contributed by atoms with van der Waals surface area (Å²) in [6, 6.07) is 18.1. The van der Waals surface area contributed by atoms with E-state index in [0.29, 0.717) is 33.0 Å². The van der Waals surface area contributed by atoms with Crippen molar-refractivity contribution in [3.8, 4) is 23.3 Å². The number of nitrogens with zero attached hydrogens (tertiary/aromatic N) is 1. The van der Waals surface area contributed by atoms with Crippen LogP contribution in [-0.4, -0.2) is 26.1 Å². The number of nitriles is 1. The van der Waals surface area contributed by atoms with Crippen LogP contribution in [0.5, 0.6) is 17.2 Å². The molecule has 0 aliphatic carbocycles. The average Bonchev–Trinajstić information content (AvgIpc) is 2.87. The minimum Gasteiger partial charge on any atom is -0.545 e. The van der Waals surface area contributed by atoms with Crippen molar-refractivity contribution in [1.82, 2.24) is 0 Å². The molecule has 0 aromatic heterocycles. The number of anilines is 1. The molecule has 0 heterocycles. The van der Waals surface area contributed by atoms with Gasteiger partial charge < -0.3 is 29.4 Å². The van der Waals surface area contributed by atoms with Crippen molar-refractivity contribution in [3.63, 3.8) is 0 Å². The van der Waals surface area contributed by atoms with Gasteiger partial charge >= 0.3 is 0 Å². The first-order valence-corrected chi connectivity index (χ1v) is 11.0. The van der Waals surface area contributed by atoms with Crippen molar-refractivity contribution >= 4 is 39.6 Å². The van der Waals surface area contributed by atoms with E-state index in [-0.39, 0.29) is 17.7 Å². The molecule has 0 saturated heterocycles. The summed E-state index contributed by atoms with van der Waals surface area (Å²) in [4.78, 5) is 23.5. The van der Waals surface area contributed by atoms with E-state index in [2.05, 4.69) is 21.2 Å². The Morgan fingerprint density at radius 2 is 1.71 bits per heavy atom. The van der Waals surface area contributed by atoms with Crippen molar-refractivity contribution in [2.24, 2.45) is 0 Å². The van der Waals surface area contributed by atoms with Crippen LogP contribution in [0.15, 0.2) is 70.7 Å². The summed E-state index contributed by atoms with van der Waals surface area (Å²) in [6.07, 6.45) is 1.44. The van der Waals surface area contributed by atoms with Crippen LogP contribution >= 0.6 is 15.9 Å². The number of carboxylic acids is 1. The van der Waals surface area contributed by atoms with Crippen LogP contribution in [0.2, 0.25) is 0 Å². The van der Waals surface area contributed by atoms with Gasteiger partial charge in [0.05, 0.1) is 20.2 Å². The van der Waals surface area contributed by atoms with Crippen LogP contribution < -0.4 is 24.6 Å². The number of carbonyl (C=O) groups is 2. The molecule has 0 fully saturated rings. The van der Waals surface area contributed by atoms with Gasteiger partial charge in [0.15, 0.2) is 11.5 Å². The Morgan fingerprint density at radius 3 is 2.29 bits per heavy atom. The standard InChI is InChI=1S/C26H21BrN2O6/c1-33-21-9-7-20(8-10-21)29-25(30)19(14-28)11-18-12-23(34-2)24(13-22(18)27)35-15-16-3-5-17(6-4-16)26(31)32/h3-13H,15H2,1-2H3,(H,29,30)(H,31,32)/p-1/b19-11+. The highest BCUT2D eigenvalue weighted by Crippen LogP contribution is 2.35. The first-order chi connectivity index (χ1) is 16.8. The van der Waals surface area contributed by atoms with Gasteiger partial charge in [-0.3, -0.25) is 4.79 Å². The number of methoxy groups -OCH3 is 2. The fourth-order valence-corrected chi connectivity index (χ4v) is 3.45. The second-order valence-electron chi connectivity index (χ2n) is 7.15. The van der Waals surface area contributed by atoms with E-state index in [0.717, 1.165) is 5.56 Å². The van der Waals surface area contributed by atoms with Gasteiger partial charge in [0.1, 0.15) is 24.0 Å². The molecule has 0 atom stereocenters. The van der Waals surface area contributed by atoms with Gasteiger partial charge in [-0.2, -0.15) is 5.26 Å². The summed E-state index contributed by atoms with van der Waals surface area (Å²) in [7, 11) is 3.02. The number of aromatic carboxylic acids is 1. The number of carboxylic acid groups (broad SMARTS) is 1. The van der Waals surface area contributed by atoms with Crippen molar-refractivity contribution in [1.29, 1.82) is 5.26 Å². The van der Waals surface area contributed by atoms with E-state index >= 15 is 0 Å². The maximum absolute atomic E-state index is 12.6. The smallest absolute Gasteiger partial charge is 0.266 e. The molecule has 0 aliphatic rings. The zero-order valence-electron chi connectivity index (χ0n) is 18.8. The third-order valence-corrected chi connectivity index (χ3v) is 5.57. The lowest BCUT2D eigenvalue weighted by Gasteiger charge is -2.13. The number of carbonyl (C=O) groups excluding carboxylic acids is 2. The van der Waals surface area contributed by atoms with Crippen molar-refractivity contribution in [2.75, 3.05) is 19.5 Å². The summed E-state index contributed by atoms with van der Waals surface area (Å²) in [6.45, 7) is 0.166. The van der Waals surface area contributed by atoms with Crippen molar-refractivity contribution in [3.05, 3.63) is 87.4 Å². The largest absolute Gasteiger partial charge is 0.545 e. The summed E-state index contributed by atoms with van der Waals surface area (Å²) >= 11 is 3.44. The molecule has 1 N–H and O–H groups in total. The molecule has 0 saturated carbocycles. The Balaban J connectivity index is 1.77. The quantitative estimate of drug-likeness (QED) is 0.325. The van der Waals surface area contributed by atoms with Gasteiger partial charge in [-0.15, -0.1) is 0 Å². The molecule has 8 nitrogen and oxygen atoms in total. The number of hydrogen-bond acceptors (Lipinski definition) is 7. The molecule has 0 radical (unpaired) electrons. The molecular formula is C26H20BrN2O6-. The Bertz CT molecular complexity index is 1300. The third kappa shape index (κ3) is 6.62. The van der Waals surface area contributed by atoms with E-state index in [4.69, 9.17) is 14.2 Å². The molecular weight excluding hydrogens is 516 g/mol. The Kier molecular flexibility index (Phi) is 8.48. The van der Waals surface area contributed by atoms with E-state index in [1.165, 1.54) is 25.3 Å². The Morgan fingerprint density at radius 1 is 1.03 bits per heavy atom. The predicted molar refractivity (Wildman–Crippen MR) is 131 cm³/mol. The normalized spacial score (nSPS) is 10.7. The van der Waals surface area contributed by atoms with Crippen LogP contribution in [-0.2, 0) is 11.4 Å². The zero-order valence-corrected chi connectivity index (χ0v) is 20.4. The van der Waals surface area contributed by atoms with Crippen molar-refractivity contribution < 1.29 is 28.9 Å². The Labute approximate surface area is 210 Å². The minimum atomic E-state index is -1.25. The first-order valence-electron chi connectivity index (χ1n) is 10.2. The summed E-state index contributed by atoms with van der Waals surface area (Å²) in [5.41, 5.74) is 1.78. The van der Waals surface area contributed by atoms with Gasteiger partial charge in [-0.25, -0.2) is 0 Å². The van der Waals surface area contributed by atoms with Gasteiger partial charge in [0.25, 0.3) is 5.91 Å². The number of amides is 1. The number of hydrogen-bond donors (Lipinski definition) is 1. The molecule has 3 aromatic carbocycles. The fourth-order valence-electron chi connectivity index (χ4n) is 3.01. The number of benzene rings is 3. The van der Waals surface area contributed by atoms with E-state index in [1.54, 1.807) is 55.6 Å². The van der Waals surface area contributed by atoms with E-state index < -0.39 is 11.9 Å². The van der Waals surface area contributed by atoms with Crippen LogP contribution in [0, 0.1) is 11.3 Å². The maximum Gasteiger partial charge on any atom is 0.266 e. The molecule has 0 bridgehead atoms. The van der Waals surface area contributed by atoms with Crippen LogP contribution in [0.4, 0.5) is 5.69 Å². The summed E-state index contributed by atoms with van der Waals surface area (Å²) in [5.74, 6) is -0.364. The maximum atomic E-state index is 12.6. The highest BCUT2D eigenvalue weighted by Gasteiger charge is 2.14. The van der Waals surface area contributed by atoms with Gasteiger partial charge in [-0.05, 0) is 59.2 Å². The predicted octanol–water partition coefficient (Wildman–Crippen LogP) is 3.95. The van der Waals surface area contributed by atoms with Gasteiger partial charge in [0, 0.05) is 10.2 Å². The van der Waals surface area contributed by atoms with Crippen LogP contribution in [0.1, 0.15) is 21.5 Å². The average molecular weight is 536 g/mol. The molecule has 1 amide bonds. The SMILES string of the molecule is COc1ccc(NC(=O)/C(C#N)=C/c2cc(OC)c(OCc3ccc(C(=O)[O-])cc3)cc2Br)cc1. The highest BCUT2D eigenvalue weighted by atomic mass is 79.9. The number of nitrogens with one attached hydrogen (secondary N) is 1. The number of rotatable bonds is 9. The summed E-state index contributed by atoms with van der Waals surface area (Å²) < 4.78 is 16.9. The van der Waals surface area contributed by atoms with E-state index in [1.807, 2.05) is 6.07 Å². The van der Waals surface area contributed by atoms with Crippen LogP contribution in [0.25, 0.3) is 6.08 Å². The lowest BCUT2D eigenvalue weighted by atomic mass is 10.1. The number of ether oxygens (including phenoxy) is 3. The van der Waals surface area contributed by atoms with Gasteiger partial charge in [0.2, 0.25) is 0 Å². The van der Waals surface area contributed by atoms with E-state index in [9.17, 15) is 20.0 Å². The molecule has 35 heavy (non-hydrogen) atoms.